The van der Waals surface area contributed by atoms with Crippen LogP contribution < -0.4 is 0 Å². The second kappa shape index (κ2) is 7.81. The third-order valence-electron chi connectivity index (χ3n) is 3.58. The van der Waals surface area contributed by atoms with E-state index in [1.165, 1.54) is 0 Å². The van der Waals surface area contributed by atoms with Crippen molar-refractivity contribution in [2.24, 2.45) is 5.92 Å². The van der Waals surface area contributed by atoms with Crippen LogP contribution in [0.1, 0.15) is 47.5 Å². The lowest BCUT2D eigenvalue weighted by Gasteiger charge is -2.42. The normalized spacial score (nSPS) is 20.3. The van der Waals surface area contributed by atoms with Gasteiger partial charge in [0.1, 0.15) is 5.60 Å². The van der Waals surface area contributed by atoms with Crippen LogP contribution in [0.15, 0.2) is 0 Å². The molecule has 1 aliphatic heterocycles. The summed E-state index contributed by atoms with van der Waals surface area (Å²) in [5.74, 6) is -0.315. The zero-order valence-electron chi connectivity index (χ0n) is 14.5. The summed E-state index contributed by atoms with van der Waals surface area (Å²) in [5.41, 5.74) is -0.500. The van der Waals surface area contributed by atoms with Crippen molar-refractivity contribution in [2.75, 3.05) is 26.2 Å². The summed E-state index contributed by atoms with van der Waals surface area (Å²) in [6, 6.07) is 0.0809. The molecule has 1 heterocycles. The summed E-state index contributed by atoms with van der Waals surface area (Å²) in [4.78, 5) is 27.0. The third-order valence-corrected chi connectivity index (χ3v) is 3.58. The van der Waals surface area contributed by atoms with Crippen LogP contribution >= 0.6 is 0 Å². The Bertz CT molecular complexity index is 390. The monoisotopic (exact) mass is 314 g/mol. The highest BCUT2D eigenvalue weighted by Gasteiger charge is 2.33. The molecule has 1 amide bonds. The van der Waals surface area contributed by atoms with Crippen molar-refractivity contribution < 1.29 is 19.4 Å². The Balaban J connectivity index is 2.68. The number of hydrogen-bond donors (Lipinski definition) is 1. The second-order valence-electron chi connectivity index (χ2n) is 7.40. The average Bonchev–Trinajstić information content (AvgIpc) is 2.33. The first-order valence-corrected chi connectivity index (χ1v) is 8.02. The van der Waals surface area contributed by atoms with Gasteiger partial charge in [-0.15, -0.1) is 0 Å². The van der Waals surface area contributed by atoms with Crippen molar-refractivity contribution in [3.8, 4) is 0 Å². The van der Waals surface area contributed by atoms with Crippen molar-refractivity contribution in [3.63, 3.8) is 0 Å². The topological polar surface area (TPSA) is 70.1 Å². The molecule has 1 rings (SSSR count). The predicted molar refractivity (Wildman–Crippen MR) is 84.9 cm³/mol. The fourth-order valence-corrected chi connectivity index (χ4v) is 2.68. The number of carboxylic acid groups (broad SMARTS) is 1. The lowest BCUT2D eigenvalue weighted by atomic mass is 10.00. The number of hydrogen-bond acceptors (Lipinski definition) is 4. The third kappa shape index (κ3) is 6.64. The SMILES string of the molecule is CC(C)CC1CN(CCC(=O)O)CCN1C(=O)OC(C)(C)C. The quantitative estimate of drug-likeness (QED) is 0.844. The maximum Gasteiger partial charge on any atom is 0.410 e. The second-order valence-corrected chi connectivity index (χ2v) is 7.40. The minimum atomic E-state index is -0.782. The minimum Gasteiger partial charge on any atom is -0.481 e. The Labute approximate surface area is 133 Å². The van der Waals surface area contributed by atoms with Gasteiger partial charge in [-0.1, -0.05) is 13.8 Å². The largest absolute Gasteiger partial charge is 0.481 e. The number of rotatable bonds is 5. The van der Waals surface area contributed by atoms with Crippen LogP contribution in [0.2, 0.25) is 0 Å². The molecule has 0 bridgehead atoms. The molecule has 1 fully saturated rings. The Kier molecular flexibility index (Phi) is 6.66. The molecule has 22 heavy (non-hydrogen) atoms. The van der Waals surface area contributed by atoms with E-state index in [0.717, 1.165) is 6.42 Å². The summed E-state index contributed by atoms with van der Waals surface area (Å²) in [5, 5.41) is 8.81. The fourth-order valence-electron chi connectivity index (χ4n) is 2.68. The number of amides is 1. The molecule has 0 aliphatic carbocycles. The molecule has 128 valence electrons. The zero-order chi connectivity index (χ0) is 16.9. The van der Waals surface area contributed by atoms with E-state index in [0.29, 0.717) is 32.1 Å². The minimum absolute atomic E-state index is 0.0809. The average molecular weight is 314 g/mol. The summed E-state index contributed by atoms with van der Waals surface area (Å²) < 4.78 is 5.50. The van der Waals surface area contributed by atoms with Crippen molar-refractivity contribution in [2.45, 2.75) is 59.1 Å². The van der Waals surface area contributed by atoms with Crippen LogP contribution in [0.5, 0.6) is 0 Å². The highest BCUT2D eigenvalue weighted by Crippen LogP contribution is 2.20. The Morgan fingerprint density at radius 3 is 2.41 bits per heavy atom. The first kappa shape index (κ1) is 18.7. The van der Waals surface area contributed by atoms with Crippen molar-refractivity contribution in [1.29, 1.82) is 0 Å². The maximum absolute atomic E-state index is 12.4. The molecular weight excluding hydrogens is 284 g/mol. The van der Waals surface area contributed by atoms with Gasteiger partial charge in [0.25, 0.3) is 0 Å². The van der Waals surface area contributed by atoms with Gasteiger partial charge >= 0.3 is 12.1 Å². The van der Waals surface area contributed by atoms with Crippen LogP contribution in [0.3, 0.4) is 0 Å². The Morgan fingerprint density at radius 2 is 1.91 bits per heavy atom. The number of nitrogens with zero attached hydrogens (tertiary/aromatic N) is 2. The molecule has 1 unspecified atom stereocenters. The molecule has 0 radical (unpaired) electrons. The molecule has 6 heteroatoms. The van der Waals surface area contributed by atoms with Gasteiger partial charge in [-0.05, 0) is 33.1 Å². The van der Waals surface area contributed by atoms with E-state index < -0.39 is 11.6 Å². The van der Waals surface area contributed by atoms with Gasteiger partial charge in [-0.25, -0.2) is 4.79 Å². The molecular formula is C16H30N2O4. The van der Waals surface area contributed by atoms with Crippen molar-refractivity contribution >= 4 is 12.1 Å². The van der Waals surface area contributed by atoms with Gasteiger partial charge in [0.05, 0.1) is 6.42 Å². The summed E-state index contributed by atoms with van der Waals surface area (Å²) in [6.45, 7) is 12.4. The smallest absolute Gasteiger partial charge is 0.410 e. The molecule has 0 saturated carbocycles. The predicted octanol–water partition coefficient (Wildman–Crippen LogP) is 2.43. The Hall–Kier alpha value is -1.30. The highest BCUT2D eigenvalue weighted by atomic mass is 16.6. The van der Waals surface area contributed by atoms with E-state index in [-0.39, 0.29) is 18.6 Å². The van der Waals surface area contributed by atoms with Crippen LogP contribution in [-0.4, -0.2) is 64.8 Å². The number of piperazine rings is 1. The van der Waals surface area contributed by atoms with E-state index in [4.69, 9.17) is 9.84 Å². The van der Waals surface area contributed by atoms with Gasteiger partial charge in [0.15, 0.2) is 0 Å². The summed E-state index contributed by atoms with van der Waals surface area (Å²) >= 11 is 0. The Morgan fingerprint density at radius 1 is 1.27 bits per heavy atom. The highest BCUT2D eigenvalue weighted by molar-refractivity contribution is 5.69. The summed E-state index contributed by atoms with van der Waals surface area (Å²) in [7, 11) is 0. The number of aliphatic carboxylic acids is 1. The number of carbonyl (C=O) groups excluding carboxylic acids is 1. The molecule has 6 nitrogen and oxygen atoms in total. The van der Waals surface area contributed by atoms with E-state index >= 15 is 0 Å². The molecule has 1 atom stereocenters. The van der Waals surface area contributed by atoms with E-state index in [2.05, 4.69) is 18.7 Å². The molecule has 0 aromatic rings. The van der Waals surface area contributed by atoms with Gasteiger partial charge < -0.3 is 14.7 Å². The van der Waals surface area contributed by atoms with Crippen LogP contribution in [0, 0.1) is 5.92 Å². The van der Waals surface area contributed by atoms with Gasteiger partial charge in [-0.2, -0.15) is 0 Å². The van der Waals surface area contributed by atoms with Gasteiger partial charge in [-0.3, -0.25) is 9.69 Å². The van der Waals surface area contributed by atoms with Gasteiger partial charge in [0, 0.05) is 32.2 Å². The summed E-state index contributed by atoms with van der Waals surface area (Å²) in [6.07, 6.45) is 0.764. The maximum atomic E-state index is 12.4. The lowest BCUT2D eigenvalue weighted by molar-refractivity contribution is -0.137. The van der Waals surface area contributed by atoms with Gasteiger partial charge in [0.2, 0.25) is 0 Å². The van der Waals surface area contributed by atoms with Crippen LogP contribution in [0.25, 0.3) is 0 Å². The molecule has 0 spiro atoms. The lowest BCUT2D eigenvalue weighted by Crippen LogP contribution is -2.56. The van der Waals surface area contributed by atoms with E-state index in [9.17, 15) is 9.59 Å². The fraction of sp³-hybridized carbons (Fsp3) is 0.875. The molecule has 1 N–H and O–H groups in total. The van der Waals surface area contributed by atoms with E-state index in [1.54, 1.807) is 0 Å². The number of carbonyl (C=O) groups is 2. The first-order chi connectivity index (χ1) is 10.1. The van der Waals surface area contributed by atoms with Crippen LogP contribution in [0.4, 0.5) is 4.79 Å². The zero-order valence-corrected chi connectivity index (χ0v) is 14.5. The molecule has 0 aromatic heterocycles. The van der Waals surface area contributed by atoms with Crippen molar-refractivity contribution in [1.82, 2.24) is 9.80 Å². The van der Waals surface area contributed by atoms with Crippen molar-refractivity contribution in [3.05, 3.63) is 0 Å². The first-order valence-electron chi connectivity index (χ1n) is 8.02. The molecule has 1 saturated heterocycles. The molecule has 0 aromatic carbocycles. The standard InChI is InChI=1S/C16H30N2O4/c1-12(2)10-13-11-17(7-6-14(19)20)8-9-18(13)15(21)22-16(3,4)5/h12-13H,6-11H2,1-5H3,(H,19,20). The number of carboxylic acids is 1. The molecule has 1 aliphatic rings. The number of ether oxygens (including phenoxy) is 1. The van der Waals surface area contributed by atoms with Crippen LogP contribution in [-0.2, 0) is 9.53 Å². The van der Waals surface area contributed by atoms with E-state index in [1.807, 2.05) is 25.7 Å².